The topological polar surface area (TPSA) is 115 Å². The summed E-state index contributed by atoms with van der Waals surface area (Å²) < 4.78 is 5.60. The number of amidine groups is 1. The Labute approximate surface area is 156 Å². The third-order valence-electron chi connectivity index (χ3n) is 3.22. The molecule has 0 spiro atoms. The summed E-state index contributed by atoms with van der Waals surface area (Å²) in [7, 11) is 0. The lowest BCUT2D eigenvalue weighted by atomic mass is 10.1. The summed E-state index contributed by atoms with van der Waals surface area (Å²) in [6.45, 7) is 1.31. The third kappa shape index (κ3) is 3.84. The Hall–Kier alpha value is -2.91. The number of halogens is 1. The van der Waals surface area contributed by atoms with Crippen LogP contribution in [-0.2, 0) is 9.59 Å². The van der Waals surface area contributed by atoms with Crippen LogP contribution >= 0.6 is 23.4 Å². The van der Waals surface area contributed by atoms with Gasteiger partial charge in [0.05, 0.1) is 15.4 Å². The summed E-state index contributed by atoms with van der Waals surface area (Å²) in [6.07, 6.45) is 1.45. The highest BCUT2D eigenvalue weighted by Gasteiger charge is 2.24. The van der Waals surface area contributed by atoms with Crippen LogP contribution in [0.4, 0.5) is 5.69 Å². The molecular formula is C16H10ClN3O5S. The molecule has 0 saturated heterocycles. The molecule has 3 rings (SSSR count). The van der Waals surface area contributed by atoms with Crippen molar-refractivity contribution in [3.63, 3.8) is 0 Å². The molecule has 0 aliphatic carbocycles. The Balaban J connectivity index is 1.88. The van der Waals surface area contributed by atoms with E-state index in [9.17, 15) is 19.7 Å². The fourth-order valence-electron chi connectivity index (χ4n) is 2.18. The van der Waals surface area contributed by atoms with Crippen LogP contribution in [0.2, 0.25) is 5.02 Å². The number of thioether (sulfide) groups is 1. The first-order chi connectivity index (χ1) is 12.3. The molecule has 1 aromatic carbocycles. The van der Waals surface area contributed by atoms with Gasteiger partial charge in [0.25, 0.3) is 11.6 Å². The molecule has 26 heavy (non-hydrogen) atoms. The van der Waals surface area contributed by atoms with Crippen LogP contribution in [0.25, 0.3) is 17.4 Å². The molecular weight excluding hydrogens is 382 g/mol. The van der Waals surface area contributed by atoms with E-state index in [1.807, 2.05) is 0 Å². The van der Waals surface area contributed by atoms with Gasteiger partial charge >= 0.3 is 0 Å². The number of carbonyl (C=O) groups is 2. The zero-order valence-corrected chi connectivity index (χ0v) is 14.8. The highest BCUT2D eigenvalue weighted by Crippen LogP contribution is 2.35. The maximum Gasteiger partial charge on any atom is 0.286 e. The number of nitro benzene ring substituents is 1. The van der Waals surface area contributed by atoms with Crippen LogP contribution in [0, 0.1) is 10.1 Å². The minimum absolute atomic E-state index is 0.148. The molecule has 1 aromatic heterocycles. The summed E-state index contributed by atoms with van der Waals surface area (Å²) in [4.78, 5) is 37.5. The van der Waals surface area contributed by atoms with Crippen molar-refractivity contribution in [1.29, 1.82) is 0 Å². The number of hydrogen-bond acceptors (Lipinski definition) is 6. The molecule has 2 aromatic rings. The summed E-state index contributed by atoms with van der Waals surface area (Å²) in [6, 6.07) is 7.26. The maximum atomic E-state index is 11.9. The number of furan rings is 1. The number of benzene rings is 1. The molecule has 1 N–H and O–H groups in total. The number of hydrogen-bond donors (Lipinski definition) is 1. The van der Waals surface area contributed by atoms with Gasteiger partial charge in [0.2, 0.25) is 5.91 Å². The first kappa shape index (κ1) is 17.9. The first-order valence-electron chi connectivity index (χ1n) is 7.18. The predicted molar refractivity (Wildman–Crippen MR) is 97.6 cm³/mol. The molecule has 0 saturated carbocycles. The van der Waals surface area contributed by atoms with Gasteiger partial charge in [-0.05, 0) is 36.0 Å². The number of rotatable bonds is 3. The first-order valence-corrected chi connectivity index (χ1v) is 8.37. The van der Waals surface area contributed by atoms with Crippen LogP contribution in [-0.4, -0.2) is 21.9 Å². The third-order valence-corrected chi connectivity index (χ3v) is 4.36. The van der Waals surface area contributed by atoms with Crippen molar-refractivity contribution in [1.82, 2.24) is 5.32 Å². The fourth-order valence-corrected chi connectivity index (χ4v) is 3.19. The van der Waals surface area contributed by atoms with E-state index in [2.05, 4.69) is 10.3 Å². The maximum absolute atomic E-state index is 11.9. The highest BCUT2D eigenvalue weighted by molar-refractivity contribution is 8.18. The van der Waals surface area contributed by atoms with E-state index in [4.69, 9.17) is 16.0 Å². The normalized spacial score (nSPS) is 15.2. The summed E-state index contributed by atoms with van der Waals surface area (Å²) in [5.41, 5.74) is 0.0817. The second-order valence-corrected chi connectivity index (χ2v) is 6.60. The summed E-state index contributed by atoms with van der Waals surface area (Å²) in [5, 5.41) is 14.1. The van der Waals surface area contributed by atoms with Gasteiger partial charge in [0.15, 0.2) is 5.17 Å². The van der Waals surface area contributed by atoms with E-state index in [-0.39, 0.29) is 33.0 Å². The molecule has 1 aliphatic rings. The fraction of sp³-hybridized carbons (Fsp3) is 0.0625. The number of nitro groups is 1. The van der Waals surface area contributed by atoms with Gasteiger partial charge in [-0.3, -0.25) is 19.7 Å². The van der Waals surface area contributed by atoms with Crippen LogP contribution < -0.4 is 5.32 Å². The number of nitrogens with zero attached hydrogens (tertiary/aromatic N) is 2. The van der Waals surface area contributed by atoms with Crippen molar-refractivity contribution in [3.8, 4) is 11.3 Å². The van der Waals surface area contributed by atoms with Crippen molar-refractivity contribution < 1.29 is 18.9 Å². The van der Waals surface area contributed by atoms with E-state index in [1.165, 1.54) is 31.2 Å². The van der Waals surface area contributed by atoms with Crippen LogP contribution in [0.15, 0.2) is 44.6 Å². The van der Waals surface area contributed by atoms with Gasteiger partial charge in [-0.1, -0.05) is 11.6 Å². The van der Waals surface area contributed by atoms with Crippen molar-refractivity contribution in [2.24, 2.45) is 4.99 Å². The molecule has 8 nitrogen and oxygen atoms in total. The largest absolute Gasteiger partial charge is 0.456 e. The van der Waals surface area contributed by atoms with Crippen LogP contribution in [0.1, 0.15) is 12.7 Å². The van der Waals surface area contributed by atoms with Crippen LogP contribution in [0.5, 0.6) is 0 Å². The predicted octanol–water partition coefficient (Wildman–Crippen LogP) is 3.61. The SMILES string of the molecule is CC(=O)NC1=NC(=O)/C(=C/c2ccc(-c3cc(Cl)ccc3[N+](=O)[O-])o2)S1. The Morgan fingerprint density at radius 2 is 2.15 bits per heavy atom. The highest BCUT2D eigenvalue weighted by atomic mass is 35.5. The van der Waals surface area contributed by atoms with E-state index in [0.29, 0.717) is 10.8 Å². The molecule has 0 radical (unpaired) electrons. The smallest absolute Gasteiger partial charge is 0.286 e. The monoisotopic (exact) mass is 391 g/mol. The standard InChI is InChI=1S/C16H10ClN3O5S/c1-8(21)18-16-19-15(22)14(26-16)7-10-3-5-13(25-10)11-6-9(17)2-4-12(11)20(23)24/h2-7H,1H3,(H,18,19,21,22)/b14-7-. The van der Waals surface area contributed by atoms with Gasteiger partial charge in [-0.2, -0.15) is 4.99 Å². The number of carbonyl (C=O) groups excluding carboxylic acids is 2. The zero-order valence-electron chi connectivity index (χ0n) is 13.2. The van der Waals surface area contributed by atoms with E-state index < -0.39 is 10.8 Å². The van der Waals surface area contributed by atoms with Gasteiger partial charge in [0, 0.05) is 24.1 Å². The average Bonchev–Trinajstić information content (AvgIpc) is 3.14. The Kier molecular flexibility index (Phi) is 4.92. The second kappa shape index (κ2) is 7.14. The second-order valence-electron chi connectivity index (χ2n) is 5.13. The number of aliphatic imine (C=N–C) groups is 1. The number of amides is 2. The van der Waals surface area contributed by atoms with Crippen molar-refractivity contribution in [3.05, 3.63) is 56.1 Å². The molecule has 132 valence electrons. The minimum Gasteiger partial charge on any atom is -0.456 e. The van der Waals surface area contributed by atoms with E-state index in [1.54, 1.807) is 12.1 Å². The van der Waals surface area contributed by atoms with Crippen molar-refractivity contribution >= 4 is 52.1 Å². The van der Waals surface area contributed by atoms with Crippen molar-refractivity contribution in [2.75, 3.05) is 0 Å². The minimum atomic E-state index is -0.532. The zero-order chi connectivity index (χ0) is 18.8. The molecule has 0 unspecified atom stereocenters. The van der Waals surface area contributed by atoms with Gasteiger partial charge in [0.1, 0.15) is 11.5 Å². The van der Waals surface area contributed by atoms with Crippen LogP contribution in [0.3, 0.4) is 0 Å². The van der Waals surface area contributed by atoms with Gasteiger partial charge in [-0.15, -0.1) is 0 Å². The van der Waals surface area contributed by atoms with Crippen molar-refractivity contribution in [2.45, 2.75) is 6.92 Å². The molecule has 0 atom stereocenters. The molecule has 2 heterocycles. The van der Waals surface area contributed by atoms with Gasteiger partial charge in [-0.25, -0.2) is 0 Å². The molecule has 0 fully saturated rings. The Morgan fingerprint density at radius 1 is 1.38 bits per heavy atom. The Bertz CT molecular complexity index is 996. The lowest BCUT2D eigenvalue weighted by molar-refractivity contribution is -0.384. The van der Waals surface area contributed by atoms with Gasteiger partial charge < -0.3 is 9.73 Å². The summed E-state index contributed by atoms with van der Waals surface area (Å²) in [5.74, 6) is -0.293. The molecule has 0 bridgehead atoms. The lowest BCUT2D eigenvalue weighted by Gasteiger charge is -2.00. The molecule has 2 amide bonds. The summed E-state index contributed by atoms with van der Waals surface area (Å²) >= 11 is 6.92. The molecule has 10 heteroatoms. The quantitative estimate of drug-likeness (QED) is 0.485. The lowest BCUT2D eigenvalue weighted by Crippen LogP contribution is -2.23. The van der Waals surface area contributed by atoms with E-state index in [0.717, 1.165) is 11.8 Å². The average molecular weight is 392 g/mol. The van der Waals surface area contributed by atoms with E-state index >= 15 is 0 Å². The Morgan fingerprint density at radius 3 is 2.85 bits per heavy atom. The molecule has 1 aliphatic heterocycles. The number of nitrogens with one attached hydrogen (secondary N) is 1.